The van der Waals surface area contributed by atoms with Gasteiger partial charge in [-0.05, 0) is 32.9 Å². The lowest BCUT2D eigenvalue weighted by Gasteiger charge is -2.13. The number of aromatic nitrogens is 1. The van der Waals surface area contributed by atoms with Crippen molar-refractivity contribution in [1.82, 2.24) is 4.98 Å². The van der Waals surface area contributed by atoms with Crippen LogP contribution in [-0.4, -0.2) is 26.6 Å². The third-order valence-corrected chi connectivity index (χ3v) is 6.49. The maximum atomic E-state index is 11.5. The number of aryl methyl sites for hydroxylation is 1. The number of hydrogen-bond donors (Lipinski definition) is 0. The first-order valence-corrected chi connectivity index (χ1v) is 10.3. The average molecular weight is 396 g/mol. The van der Waals surface area contributed by atoms with Crippen LogP contribution in [0.25, 0.3) is 10.6 Å². The fourth-order valence-electron chi connectivity index (χ4n) is 1.97. The molecule has 0 amide bonds. The van der Waals surface area contributed by atoms with E-state index in [2.05, 4.69) is 4.98 Å². The summed E-state index contributed by atoms with van der Waals surface area (Å²) in [5, 5.41) is 0.864. The van der Waals surface area contributed by atoms with Gasteiger partial charge in [0.15, 0.2) is 15.7 Å². The number of thiazole rings is 1. The predicted octanol–water partition coefficient (Wildman–Crippen LogP) is 4.50. The Hall–Kier alpha value is -1.02. The maximum absolute atomic E-state index is 11.5. The fourth-order valence-corrected chi connectivity index (χ4v) is 4.68. The standard InChI is InChI=1S/C14H15Cl2NO4S2/c1-4-20-11-7-9(6-10(15)12(11)21-5-2)13-17-8(3)14(22-13)23(16,18)19/h6-7H,4-5H2,1-3H3. The second-order valence-electron chi connectivity index (χ2n) is 4.48. The summed E-state index contributed by atoms with van der Waals surface area (Å²) in [5.74, 6) is 0.943. The van der Waals surface area contributed by atoms with Crippen LogP contribution in [0.15, 0.2) is 16.3 Å². The van der Waals surface area contributed by atoms with Crippen molar-refractivity contribution in [2.24, 2.45) is 0 Å². The van der Waals surface area contributed by atoms with E-state index in [0.717, 1.165) is 11.3 Å². The molecule has 0 aliphatic heterocycles. The summed E-state index contributed by atoms with van der Waals surface area (Å²) in [6, 6.07) is 3.39. The molecule has 0 aliphatic carbocycles. The topological polar surface area (TPSA) is 65.5 Å². The molecule has 2 aromatic rings. The molecular weight excluding hydrogens is 381 g/mol. The van der Waals surface area contributed by atoms with Crippen molar-refractivity contribution >= 4 is 42.7 Å². The zero-order chi connectivity index (χ0) is 17.2. The molecule has 0 saturated heterocycles. The summed E-state index contributed by atoms with van der Waals surface area (Å²) >= 11 is 7.25. The molecule has 23 heavy (non-hydrogen) atoms. The number of hydrogen-bond acceptors (Lipinski definition) is 6. The highest BCUT2D eigenvalue weighted by molar-refractivity contribution is 8.15. The molecule has 0 aliphatic rings. The Morgan fingerprint density at radius 3 is 2.39 bits per heavy atom. The summed E-state index contributed by atoms with van der Waals surface area (Å²) in [7, 11) is 1.59. The van der Waals surface area contributed by atoms with Crippen LogP contribution in [0.2, 0.25) is 5.02 Å². The van der Waals surface area contributed by atoms with E-state index in [9.17, 15) is 8.42 Å². The van der Waals surface area contributed by atoms with Gasteiger partial charge in [0.05, 0.1) is 23.9 Å². The molecule has 126 valence electrons. The van der Waals surface area contributed by atoms with Crippen molar-refractivity contribution in [1.29, 1.82) is 0 Å². The van der Waals surface area contributed by atoms with Crippen molar-refractivity contribution in [3.8, 4) is 22.1 Å². The second kappa shape index (κ2) is 7.25. The van der Waals surface area contributed by atoms with Crippen LogP contribution >= 0.6 is 33.6 Å². The molecule has 1 heterocycles. The quantitative estimate of drug-likeness (QED) is 0.673. The molecule has 0 atom stereocenters. The third kappa shape index (κ3) is 4.09. The van der Waals surface area contributed by atoms with Gasteiger partial charge in [0.25, 0.3) is 9.05 Å². The normalized spacial score (nSPS) is 11.5. The Labute approximate surface area is 148 Å². The zero-order valence-corrected chi connectivity index (χ0v) is 15.9. The minimum absolute atomic E-state index is 0.0251. The van der Waals surface area contributed by atoms with E-state index in [0.29, 0.717) is 46.0 Å². The van der Waals surface area contributed by atoms with Gasteiger partial charge in [-0.2, -0.15) is 0 Å². The number of halogens is 2. The lowest BCUT2D eigenvalue weighted by molar-refractivity contribution is 0.288. The van der Waals surface area contributed by atoms with E-state index in [-0.39, 0.29) is 4.21 Å². The Balaban J connectivity index is 2.56. The molecule has 0 radical (unpaired) electrons. The highest BCUT2D eigenvalue weighted by Crippen LogP contribution is 2.41. The van der Waals surface area contributed by atoms with Gasteiger partial charge in [-0.3, -0.25) is 0 Å². The average Bonchev–Trinajstić information content (AvgIpc) is 2.85. The molecule has 1 aromatic heterocycles. The third-order valence-electron chi connectivity index (χ3n) is 2.82. The van der Waals surface area contributed by atoms with E-state index in [1.807, 2.05) is 13.8 Å². The van der Waals surface area contributed by atoms with Gasteiger partial charge in [-0.25, -0.2) is 13.4 Å². The lowest BCUT2D eigenvalue weighted by atomic mass is 10.2. The number of nitrogens with zero attached hydrogens (tertiary/aromatic N) is 1. The van der Waals surface area contributed by atoms with Gasteiger partial charge in [0.1, 0.15) is 5.01 Å². The smallest absolute Gasteiger partial charge is 0.272 e. The molecule has 1 aromatic carbocycles. The molecule has 0 spiro atoms. The SMILES string of the molecule is CCOc1cc(-c2nc(C)c(S(=O)(=O)Cl)s2)cc(Cl)c1OCC. The number of ether oxygens (including phenoxy) is 2. The first-order chi connectivity index (χ1) is 10.8. The van der Waals surface area contributed by atoms with Gasteiger partial charge in [-0.1, -0.05) is 11.6 Å². The first-order valence-electron chi connectivity index (χ1n) is 6.79. The van der Waals surface area contributed by atoms with Gasteiger partial charge in [-0.15, -0.1) is 11.3 Å². The second-order valence-corrected chi connectivity index (χ2v) is 8.65. The molecule has 0 saturated carbocycles. The molecular formula is C14H15Cl2NO4S2. The van der Waals surface area contributed by atoms with E-state index < -0.39 is 9.05 Å². The van der Waals surface area contributed by atoms with E-state index in [1.165, 1.54) is 0 Å². The van der Waals surface area contributed by atoms with Crippen molar-refractivity contribution in [2.45, 2.75) is 25.0 Å². The van der Waals surface area contributed by atoms with Crippen molar-refractivity contribution in [3.05, 3.63) is 22.8 Å². The minimum Gasteiger partial charge on any atom is -0.490 e. The molecule has 0 N–H and O–H groups in total. The summed E-state index contributed by atoms with van der Waals surface area (Å²) in [6.07, 6.45) is 0. The van der Waals surface area contributed by atoms with E-state index in [4.69, 9.17) is 31.8 Å². The molecule has 0 unspecified atom stereocenters. The zero-order valence-electron chi connectivity index (χ0n) is 12.7. The van der Waals surface area contributed by atoms with Gasteiger partial charge in [0.2, 0.25) is 0 Å². The van der Waals surface area contributed by atoms with Crippen LogP contribution < -0.4 is 9.47 Å². The highest BCUT2D eigenvalue weighted by atomic mass is 35.7. The Morgan fingerprint density at radius 2 is 1.87 bits per heavy atom. The summed E-state index contributed by atoms with van der Waals surface area (Å²) in [6.45, 7) is 6.18. The Kier molecular flexibility index (Phi) is 5.78. The predicted molar refractivity (Wildman–Crippen MR) is 92.7 cm³/mol. The van der Waals surface area contributed by atoms with Crippen molar-refractivity contribution in [3.63, 3.8) is 0 Å². The van der Waals surface area contributed by atoms with Crippen LogP contribution in [0, 0.1) is 6.92 Å². The van der Waals surface area contributed by atoms with Crippen LogP contribution in [0.4, 0.5) is 0 Å². The first kappa shape index (κ1) is 18.3. The van der Waals surface area contributed by atoms with Gasteiger partial charge in [0, 0.05) is 16.2 Å². The van der Waals surface area contributed by atoms with E-state index in [1.54, 1.807) is 19.1 Å². The van der Waals surface area contributed by atoms with Crippen LogP contribution in [0.5, 0.6) is 11.5 Å². The summed E-state index contributed by atoms with van der Waals surface area (Å²) in [5.41, 5.74) is 0.990. The van der Waals surface area contributed by atoms with Gasteiger partial charge >= 0.3 is 0 Å². The largest absolute Gasteiger partial charge is 0.490 e. The summed E-state index contributed by atoms with van der Waals surface area (Å²) < 4.78 is 34.2. The summed E-state index contributed by atoms with van der Waals surface area (Å²) in [4.78, 5) is 4.27. The minimum atomic E-state index is -3.83. The Bertz CT molecular complexity index is 818. The number of rotatable bonds is 6. The molecule has 5 nitrogen and oxygen atoms in total. The van der Waals surface area contributed by atoms with Gasteiger partial charge < -0.3 is 9.47 Å². The molecule has 9 heteroatoms. The van der Waals surface area contributed by atoms with Crippen LogP contribution in [0.3, 0.4) is 0 Å². The highest BCUT2D eigenvalue weighted by Gasteiger charge is 2.21. The molecule has 0 bridgehead atoms. The lowest BCUT2D eigenvalue weighted by Crippen LogP contribution is -1.99. The van der Waals surface area contributed by atoms with Crippen molar-refractivity contribution < 1.29 is 17.9 Å². The monoisotopic (exact) mass is 395 g/mol. The molecule has 0 fully saturated rings. The molecule has 2 rings (SSSR count). The van der Waals surface area contributed by atoms with Crippen LogP contribution in [0.1, 0.15) is 19.5 Å². The Morgan fingerprint density at radius 1 is 1.22 bits per heavy atom. The van der Waals surface area contributed by atoms with Crippen molar-refractivity contribution in [2.75, 3.05) is 13.2 Å². The maximum Gasteiger partial charge on any atom is 0.272 e. The van der Waals surface area contributed by atoms with Crippen LogP contribution in [-0.2, 0) is 9.05 Å². The van der Waals surface area contributed by atoms with E-state index >= 15 is 0 Å². The number of benzene rings is 1. The fraction of sp³-hybridized carbons (Fsp3) is 0.357.